The number of hydrogen-bond acceptors (Lipinski definition) is 10. The van der Waals surface area contributed by atoms with Gasteiger partial charge < -0.3 is 39.9 Å². The van der Waals surface area contributed by atoms with Gasteiger partial charge in [-0.25, -0.2) is 4.98 Å². The molecule has 6 N–H and O–H groups in total. The summed E-state index contributed by atoms with van der Waals surface area (Å²) in [4.78, 5) is 30.4. The standard InChI is InChI=1S/C16H23ClN5O8P/c17-16-20-13(19-7-1-2-8(23)3-7)10-14(21-16)22(5-18-10)15-12(25)11(24)9(30-15)4-29-6-31(26,27)28/h5,7-9,11-12,15,23-25H,1-4,6H2,(H,19,20,21)(H2,26,27,28)/t7-,8+,9-,11-,12-,15-/m1/s1. The first-order valence-corrected chi connectivity index (χ1v) is 11.8. The topological polar surface area (TPSA) is 192 Å². The molecule has 0 bridgehead atoms. The maximum absolute atomic E-state index is 10.9. The summed E-state index contributed by atoms with van der Waals surface area (Å²) in [5.41, 5.74) is 0.631. The SMILES string of the molecule is O=P(O)(O)COC[C@H]1O[C@@H](n2cnc3c(N[C@@H]4CC[C@H](O)C4)nc(Cl)nc32)[C@H](O)[C@@H]1O. The van der Waals surface area contributed by atoms with Gasteiger partial charge in [0.15, 0.2) is 23.2 Å². The van der Waals surface area contributed by atoms with Crippen LogP contribution in [0.15, 0.2) is 6.33 Å². The molecule has 6 atom stereocenters. The summed E-state index contributed by atoms with van der Waals surface area (Å²) in [6.45, 7) is -0.334. The third-order valence-corrected chi connectivity index (χ3v) is 5.98. The van der Waals surface area contributed by atoms with Crippen LogP contribution in [0, 0.1) is 0 Å². The van der Waals surface area contributed by atoms with Crippen molar-refractivity contribution in [1.29, 1.82) is 0 Å². The predicted molar refractivity (Wildman–Crippen MR) is 106 cm³/mol. The van der Waals surface area contributed by atoms with Crippen molar-refractivity contribution in [3.8, 4) is 0 Å². The molecular formula is C16H23ClN5O8P. The normalized spacial score (nSPS) is 31.5. The number of hydrogen-bond donors (Lipinski definition) is 6. The van der Waals surface area contributed by atoms with E-state index in [4.69, 9.17) is 30.9 Å². The average molecular weight is 480 g/mol. The largest absolute Gasteiger partial charge is 0.393 e. The molecule has 31 heavy (non-hydrogen) atoms. The van der Waals surface area contributed by atoms with Crippen LogP contribution in [-0.4, -0.2) is 88.0 Å². The van der Waals surface area contributed by atoms with Gasteiger partial charge in [-0.05, 0) is 30.9 Å². The van der Waals surface area contributed by atoms with Gasteiger partial charge >= 0.3 is 7.60 Å². The molecule has 0 aromatic carbocycles. The quantitative estimate of drug-likeness (QED) is 0.222. The van der Waals surface area contributed by atoms with E-state index in [1.54, 1.807) is 0 Å². The summed E-state index contributed by atoms with van der Waals surface area (Å²) in [7, 11) is -4.37. The zero-order chi connectivity index (χ0) is 22.3. The van der Waals surface area contributed by atoms with E-state index in [1.807, 2.05) is 0 Å². The first kappa shape index (κ1) is 22.8. The van der Waals surface area contributed by atoms with Gasteiger partial charge in [-0.3, -0.25) is 9.13 Å². The summed E-state index contributed by atoms with van der Waals surface area (Å²) in [5.74, 6) is 0.377. The van der Waals surface area contributed by atoms with Crippen LogP contribution in [0.4, 0.5) is 5.82 Å². The molecule has 3 heterocycles. The third kappa shape index (κ3) is 5.00. The Morgan fingerprint density at radius 3 is 2.71 bits per heavy atom. The van der Waals surface area contributed by atoms with Crippen LogP contribution >= 0.6 is 19.2 Å². The van der Waals surface area contributed by atoms with Crippen molar-refractivity contribution in [3.63, 3.8) is 0 Å². The van der Waals surface area contributed by atoms with Crippen molar-refractivity contribution in [1.82, 2.24) is 19.5 Å². The fourth-order valence-corrected chi connectivity index (χ4v) is 4.35. The number of nitrogens with zero attached hydrogens (tertiary/aromatic N) is 4. The second kappa shape index (κ2) is 8.85. The molecule has 2 aliphatic rings. The molecule has 1 aliphatic carbocycles. The Hall–Kier alpha value is -1.41. The van der Waals surface area contributed by atoms with E-state index in [0.29, 0.717) is 24.2 Å². The third-order valence-electron chi connectivity index (χ3n) is 5.29. The molecule has 1 saturated heterocycles. The molecule has 0 radical (unpaired) electrons. The zero-order valence-corrected chi connectivity index (χ0v) is 17.8. The Bertz CT molecular complexity index is 988. The van der Waals surface area contributed by atoms with E-state index in [2.05, 4.69) is 20.3 Å². The first-order chi connectivity index (χ1) is 14.6. The number of halogens is 1. The second-order valence-electron chi connectivity index (χ2n) is 7.68. The van der Waals surface area contributed by atoms with Gasteiger partial charge in [-0.15, -0.1) is 0 Å². The fraction of sp³-hybridized carbons (Fsp3) is 0.688. The maximum atomic E-state index is 10.9. The summed E-state index contributed by atoms with van der Waals surface area (Å²) < 4.78 is 22.9. The van der Waals surface area contributed by atoms with Gasteiger partial charge in [0.1, 0.15) is 24.7 Å². The van der Waals surface area contributed by atoms with E-state index in [1.165, 1.54) is 10.9 Å². The molecule has 2 fully saturated rings. The number of fused-ring (bicyclic) bond motifs is 1. The van der Waals surface area contributed by atoms with Crippen LogP contribution in [0.1, 0.15) is 25.5 Å². The highest BCUT2D eigenvalue weighted by Gasteiger charge is 2.44. The summed E-state index contributed by atoms with van der Waals surface area (Å²) in [6.07, 6.45) is -2.70. The average Bonchev–Trinajstić information content (AvgIpc) is 3.35. The Morgan fingerprint density at radius 1 is 1.26 bits per heavy atom. The van der Waals surface area contributed by atoms with Crippen molar-refractivity contribution in [2.45, 2.75) is 55.9 Å². The Morgan fingerprint density at radius 2 is 2.03 bits per heavy atom. The van der Waals surface area contributed by atoms with E-state index in [0.717, 1.165) is 6.42 Å². The Kier molecular flexibility index (Phi) is 6.50. The van der Waals surface area contributed by atoms with E-state index in [9.17, 15) is 19.9 Å². The number of aromatic nitrogens is 4. The maximum Gasteiger partial charge on any atom is 0.350 e. The van der Waals surface area contributed by atoms with Crippen molar-refractivity contribution in [2.24, 2.45) is 0 Å². The lowest BCUT2D eigenvalue weighted by Crippen LogP contribution is -2.33. The molecule has 2 aromatic rings. The molecule has 1 saturated carbocycles. The fourth-order valence-electron chi connectivity index (χ4n) is 3.84. The monoisotopic (exact) mass is 479 g/mol. The summed E-state index contributed by atoms with van der Waals surface area (Å²) in [5, 5.41) is 33.6. The van der Waals surface area contributed by atoms with Gasteiger partial charge in [-0.2, -0.15) is 9.97 Å². The highest BCUT2D eigenvalue weighted by molar-refractivity contribution is 7.51. The highest BCUT2D eigenvalue weighted by Crippen LogP contribution is 2.36. The van der Waals surface area contributed by atoms with Gasteiger partial charge in [0.05, 0.1) is 19.0 Å². The highest BCUT2D eigenvalue weighted by atomic mass is 35.5. The van der Waals surface area contributed by atoms with Gasteiger partial charge in [-0.1, -0.05) is 0 Å². The molecular weight excluding hydrogens is 457 g/mol. The number of imidazole rings is 1. The second-order valence-corrected chi connectivity index (χ2v) is 9.61. The number of anilines is 1. The van der Waals surface area contributed by atoms with Crippen LogP contribution in [0.25, 0.3) is 11.2 Å². The minimum absolute atomic E-state index is 0.0000119. The number of rotatable bonds is 7. The molecule has 0 amide bonds. The lowest BCUT2D eigenvalue weighted by atomic mass is 10.1. The smallest absolute Gasteiger partial charge is 0.350 e. The lowest BCUT2D eigenvalue weighted by Gasteiger charge is -2.17. The number of nitrogens with one attached hydrogen (secondary N) is 1. The summed E-state index contributed by atoms with van der Waals surface area (Å²) in [6, 6.07) is 0.0000119. The van der Waals surface area contributed by atoms with Crippen LogP contribution in [0.5, 0.6) is 0 Å². The van der Waals surface area contributed by atoms with Crippen LogP contribution in [0.3, 0.4) is 0 Å². The molecule has 13 nitrogen and oxygen atoms in total. The van der Waals surface area contributed by atoms with E-state index < -0.39 is 38.5 Å². The minimum atomic E-state index is -4.37. The van der Waals surface area contributed by atoms with Crippen molar-refractivity contribution in [3.05, 3.63) is 11.6 Å². The van der Waals surface area contributed by atoms with Crippen molar-refractivity contribution < 1.29 is 39.1 Å². The number of aliphatic hydroxyl groups is 3. The van der Waals surface area contributed by atoms with Gasteiger partial charge in [0.25, 0.3) is 0 Å². The molecule has 0 unspecified atom stereocenters. The molecule has 0 spiro atoms. The Labute approximate surface area is 181 Å². The van der Waals surface area contributed by atoms with Crippen LogP contribution < -0.4 is 5.32 Å². The molecule has 15 heteroatoms. The van der Waals surface area contributed by atoms with Gasteiger partial charge in [0.2, 0.25) is 5.28 Å². The van der Waals surface area contributed by atoms with Crippen LogP contribution in [0.2, 0.25) is 5.28 Å². The number of ether oxygens (including phenoxy) is 2. The number of aliphatic hydroxyl groups excluding tert-OH is 3. The lowest BCUT2D eigenvalue weighted by molar-refractivity contribution is -0.0612. The molecule has 172 valence electrons. The first-order valence-electron chi connectivity index (χ1n) is 9.61. The predicted octanol–water partition coefficient (Wildman–Crippen LogP) is -0.424. The molecule has 4 rings (SSSR count). The van der Waals surface area contributed by atoms with Crippen LogP contribution in [-0.2, 0) is 14.0 Å². The molecule has 2 aromatic heterocycles. The molecule has 1 aliphatic heterocycles. The van der Waals surface area contributed by atoms with Crippen molar-refractivity contribution in [2.75, 3.05) is 18.3 Å². The summed E-state index contributed by atoms with van der Waals surface area (Å²) >= 11 is 6.08. The minimum Gasteiger partial charge on any atom is -0.393 e. The van der Waals surface area contributed by atoms with E-state index >= 15 is 0 Å². The Balaban J connectivity index is 1.54. The van der Waals surface area contributed by atoms with Gasteiger partial charge in [0, 0.05) is 6.04 Å². The van der Waals surface area contributed by atoms with Crippen molar-refractivity contribution >= 4 is 36.2 Å². The van der Waals surface area contributed by atoms with E-state index in [-0.39, 0.29) is 29.7 Å². The zero-order valence-electron chi connectivity index (χ0n) is 16.2.